The number of benzene rings is 1. The van der Waals surface area contributed by atoms with Gasteiger partial charge in [0.05, 0.1) is 11.4 Å². The zero-order valence-electron chi connectivity index (χ0n) is 12.3. The molecular weight excluding hydrogens is 330 g/mol. The zero-order valence-corrected chi connectivity index (χ0v) is 13.1. The number of anilines is 2. The molecule has 8 heteroatoms. The summed E-state index contributed by atoms with van der Waals surface area (Å²) in [5.41, 5.74) is 6.69. The van der Waals surface area contributed by atoms with Crippen LogP contribution in [0.1, 0.15) is 17.7 Å². The van der Waals surface area contributed by atoms with Gasteiger partial charge in [-0.25, -0.2) is 9.37 Å². The molecular formula is C15H15F4N3S. The van der Waals surface area contributed by atoms with Crippen LogP contribution in [0.15, 0.2) is 18.2 Å². The Balaban J connectivity index is 1.95. The number of aryl methyl sites for hydroxylation is 1. The molecule has 2 N–H and O–H groups in total. The normalized spacial score (nSPS) is 18.7. The van der Waals surface area contributed by atoms with Gasteiger partial charge < -0.3 is 10.6 Å². The van der Waals surface area contributed by atoms with Crippen LogP contribution in [0.2, 0.25) is 0 Å². The number of nitrogens with two attached hydrogens (primary N) is 1. The van der Waals surface area contributed by atoms with Crippen molar-refractivity contribution in [3.8, 4) is 11.3 Å². The number of alkyl halides is 3. The molecule has 2 aromatic rings. The number of aromatic nitrogens is 1. The van der Waals surface area contributed by atoms with Crippen molar-refractivity contribution < 1.29 is 17.6 Å². The molecule has 1 aromatic carbocycles. The lowest BCUT2D eigenvalue weighted by atomic mass is 10.1. The van der Waals surface area contributed by atoms with E-state index in [2.05, 4.69) is 4.98 Å². The average molecular weight is 345 g/mol. The van der Waals surface area contributed by atoms with Crippen LogP contribution in [0.25, 0.3) is 11.3 Å². The van der Waals surface area contributed by atoms with Crippen LogP contribution in [0.3, 0.4) is 0 Å². The Kier molecular flexibility index (Phi) is 3.95. The molecule has 3 rings (SSSR count). The van der Waals surface area contributed by atoms with Crippen molar-refractivity contribution in [3.05, 3.63) is 28.9 Å². The molecule has 0 amide bonds. The molecule has 1 fully saturated rings. The van der Waals surface area contributed by atoms with Crippen LogP contribution in [0.5, 0.6) is 0 Å². The van der Waals surface area contributed by atoms with E-state index in [0.29, 0.717) is 22.8 Å². The second kappa shape index (κ2) is 5.67. The predicted octanol–water partition coefficient (Wildman–Crippen LogP) is 4.37. The first-order chi connectivity index (χ1) is 10.8. The van der Waals surface area contributed by atoms with Gasteiger partial charge in [-0.1, -0.05) is 6.07 Å². The van der Waals surface area contributed by atoms with Gasteiger partial charge in [-0.3, -0.25) is 0 Å². The summed E-state index contributed by atoms with van der Waals surface area (Å²) < 4.78 is 53.5. The average Bonchev–Trinajstić information content (AvgIpc) is 3.04. The van der Waals surface area contributed by atoms with E-state index in [1.54, 1.807) is 6.07 Å². The van der Waals surface area contributed by atoms with E-state index in [-0.39, 0.29) is 18.7 Å². The molecule has 23 heavy (non-hydrogen) atoms. The molecule has 0 spiro atoms. The first-order valence-electron chi connectivity index (χ1n) is 7.13. The van der Waals surface area contributed by atoms with E-state index < -0.39 is 18.0 Å². The van der Waals surface area contributed by atoms with E-state index in [4.69, 9.17) is 5.73 Å². The van der Waals surface area contributed by atoms with Crippen LogP contribution in [-0.4, -0.2) is 23.7 Å². The maximum absolute atomic E-state index is 14.4. The maximum Gasteiger partial charge on any atom is 0.408 e. The summed E-state index contributed by atoms with van der Waals surface area (Å²) in [6.07, 6.45) is -3.97. The molecule has 0 radical (unpaired) electrons. The van der Waals surface area contributed by atoms with Crippen LogP contribution in [0, 0.1) is 12.7 Å². The Bertz CT molecular complexity index is 726. The Hall–Kier alpha value is -1.83. The largest absolute Gasteiger partial charge is 0.408 e. The van der Waals surface area contributed by atoms with Gasteiger partial charge in [0, 0.05) is 17.0 Å². The van der Waals surface area contributed by atoms with Gasteiger partial charge in [-0.15, -0.1) is 11.3 Å². The Labute approximate surface area is 134 Å². The minimum atomic E-state index is -4.36. The zero-order chi connectivity index (χ0) is 16.8. The predicted molar refractivity (Wildman–Crippen MR) is 83.1 cm³/mol. The Morgan fingerprint density at radius 3 is 2.65 bits per heavy atom. The van der Waals surface area contributed by atoms with Crippen molar-refractivity contribution in [1.29, 1.82) is 0 Å². The fourth-order valence-electron chi connectivity index (χ4n) is 2.97. The highest BCUT2D eigenvalue weighted by Gasteiger charge is 2.46. The summed E-state index contributed by atoms with van der Waals surface area (Å²) in [5, 5.41) is 0.374. The summed E-state index contributed by atoms with van der Waals surface area (Å²) in [5.74, 6) is -0.676. The van der Waals surface area contributed by atoms with Gasteiger partial charge >= 0.3 is 6.18 Å². The second-order valence-corrected chi connectivity index (χ2v) is 6.75. The van der Waals surface area contributed by atoms with Crippen molar-refractivity contribution in [2.75, 3.05) is 17.2 Å². The minimum Gasteiger partial charge on any atom is -0.375 e. The van der Waals surface area contributed by atoms with Crippen LogP contribution in [0.4, 0.5) is 28.4 Å². The molecule has 1 atom stereocenters. The SMILES string of the molecule is Cc1sc(N)nc1-c1ccc(N2CCC[C@H]2C(F)(F)F)c(F)c1. The van der Waals surface area contributed by atoms with Crippen molar-refractivity contribution in [2.45, 2.75) is 32.0 Å². The number of thiazole rings is 1. The fourth-order valence-corrected chi connectivity index (χ4v) is 3.68. The molecule has 124 valence electrons. The van der Waals surface area contributed by atoms with Gasteiger partial charge in [-0.2, -0.15) is 13.2 Å². The number of nitrogens with zero attached hydrogens (tertiary/aromatic N) is 2. The lowest BCUT2D eigenvalue weighted by Crippen LogP contribution is -2.41. The minimum absolute atomic E-state index is 0.00752. The number of hydrogen-bond acceptors (Lipinski definition) is 4. The van der Waals surface area contributed by atoms with E-state index >= 15 is 0 Å². The molecule has 0 unspecified atom stereocenters. The first kappa shape index (κ1) is 16.0. The Morgan fingerprint density at radius 1 is 1.35 bits per heavy atom. The number of rotatable bonds is 2. The standard InChI is InChI=1S/C15H15F4N3S/c1-8-13(21-14(20)23-8)9-4-5-11(10(16)7-9)22-6-2-3-12(22)15(17,18)19/h4-5,7,12H,2-3,6H2,1H3,(H2,20,21)/t12-/m0/s1. The molecule has 1 saturated heterocycles. The van der Waals surface area contributed by atoms with Crippen LogP contribution >= 0.6 is 11.3 Å². The monoisotopic (exact) mass is 345 g/mol. The topological polar surface area (TPSA) is 42.1 Å². The van der Waals surface area contributed by atoms with Gasteiger partial charge in [-0.05, 0) is 31.9 Å². The van der Waals surface area contributed by atoms with Crippen molar-refractivity contribution >= 4 is 22.2 Å². The molecule has 0 aliphatic carbocycles. The van der Waals surface area contributed by atoms with E-state index in [9.17, 15) is 17.6 Å². The Morgan fingerprint density at radius 2 is 2.09 bits per heavy atom. The van der Waals surface area contributed by atoms with Gasteiger partial charge in [0.1, 0.15) is 11.9 Å². The maximum atomic E-state index is 14.4. The molecule has 1 aliphatic rings. The summed E-state index contributed by atoms with van der Waals surface area (Å²) in [6, 6.07) is 2.58. The second-order valence-electron chi connectivity index (χ2n) is 5.52. The highest BCUT2D eigenvalue weighted by Crippen LogP contribution is 2.38. The molecule has 1 aromatic heterocycles. The van der Waals surface area contributed by atoms with Crippen molar-refractivity contribution in [2.24, 2.45) is 0 Å². The molecule has 1 aliphatic heterocycles. The summed E-state index contributed by atoms with van der Waals surface area (Å²) in [7, 11) is 0. The summed E-state index contributed by atoms with van der Waals surface area (Å²) >= 11 is 1.29. The lowest BCUT2D eigenvalue weighted by molar-refractivity contribution is -0.146. The molecule has 3 nitrogen and oxygen atoms in total. The van der Waals surface area contributed by atoms with Gasteiger partial charge in [0.2, 0.25) is 0 Å². The van der Waals surface area contributed by atoms with Crippen LogP contribution < -0.4 is 10.6 Å². The number of halogens is 4. The van der Waals surface area contributed by atoms with Crippen LogP contribution in [-0.2, 0) is 0 Å². The molecule has 2 heterocycles. The summed E-state index contributed by atoms with van der Waals surface area (Å²) in [4.78, 5) is 6.07. The third-order valence-electron chi connectivity index (χ3n) is 3.97. The van der Waals surface area contributed by atoms with Crippen molar-refractivity contribution in [1.82, 2.24) is 4.98 Å². The highest BCUT2D eigenvalue weighted by molar-refractivity contribution is 7.15. The molecule has 0 saturated carbocycles. The number of nitrogen functional groups attached to an aromatic ring is 1. The third kappa shape index (κ3) is 2.99. The highest BCUT2D eigenvalue weighted by atomic mass is 32.1. The third-order valence-corrected chi connectivity index (χ3v) is 4.77. The van der Waals surface area contributed by atoms with Gasteiger partial charge in [0.25, 0.3) is 0 Å². The first-order valence-corrected chi connectivity index (χ1v) is 7.95. The smallest absolute Gasteiger partial charge is 0.375 e. The number of hydrogen-bond donors (Lipinski definition) is 1. The summed E-state index contributed by atoms with van der Waals surface area (Å²) in [6.45, 7) is 2.01. The quantitative estimate of drug-likeness (QED) is 0.822. The van der Waals surface area contributed by atoms with E-state index in [1.165, 1.54) is 23.5 Å². The fraction of sp³-hybridized carbons (Fsp3) is 0.400. The lowest BCUT2D eigenvalue weighted by Gasteiger charge is -2.28. The van der Waals surface area contributed by atoms with Gasteiger partial charge in [0.15, 0.2) is 5.13 Å². The van der Waals surface area contributed by atoms with E-state index in [1.807, 2.05) is 6.92 Å². The molecule has 0 bridgehead atoms. The van der Waals surface area contributed by atoms with Crippen molar-refractivity contribution in [3.63, 3.8) is 0 Å². The van der Waals surface area contributed by atoms with E-state index in [0.717, 1.165) is 9.78 Å².